The van der Waals surface area contributed by atoms with Crippen molar-refractivity contribution in [3.8, 4) is 0 Å². The molecule has 0 spiro atoms. The number of carbonyl (C=O) groups excluding carboxylic acids is 1. The third kappa shape index (κ3) is 3.81. The van der Waals surface area contributed by atoms with Crippen molar-refractivity contribution in [2.45, 2.75) is 32.6 Å². The van der Waals surface area contributed by atoms with E-state index in [1.54, 1.807) is 6.07 Å². The number of hydrogen-bond acceptors (Lipinski definition) is 6. The molecule has 1 aromatic heterocycles. The molecule has 1 heterocycles. The third-order valence-electron chi connectivity index (χ3n) is 3.70. The van der Waals surface area contributed by atoms with E-state index in [1.165, 1.54) is 0 Å². The van der Waals surface area contributed by atoms with Crippen LogP contribution in [0.4, 0.5) is 11.6 Å². The fourth-order valence-corrected chi connectivity index (χ4v) is 2.21. The number of rotatable bonds is 7. The van der Waals surface area contributed by atoms with Gasteiger partial charge < -0.3 is 15.2 Å². The lowest BCUT2D eigenvalue weighted by Gasteiger charge is -2.24. The average Bonchev–Trinajstić information content (AvgIpc) is 3.32. The van der Waals surface area contributed by atoms with E-state index in [0.717, 1.165) is 37.6 Å². The second kappa shape index (κ2) is 6.71. The van der Waals surface area contributed by atoms with Crippen LogP contribution in [0, 0.1) is 0 Å². The zero-order valence-electron chi connectivity index (χ0n) is 13.0. The van der Waals surface area contributed by atoms with Gasteiger partial charge in [-0.1, -0.05) is 0 Å². The highest BCUT2D eigenvalue weighted by molar-refractivity contribution is 5.81. The Morgan fingerprint density at radius 1 is 1.38 bits per heavy atom. The first kappa shape index (κ1) is 15.5. The van der Waals surface area contributed by atoms with Crippen LogP contribution < -0.4 is 16.2 Å². The molecule has 0 atom stereocenters. The number of nitrogens with zero attached hydrogens (tertiary/aromatic N) is 4. The number of nitrogens with two attached hydrogens (primary N) is 1. The van der Waals surface area contributed by atoms with Crippen LogP contribution in [0.25, 0.3) is 0 Å². The first-order valence-electron chi connectivity index (χ1n) is 7.43. The molecule has 1 aromatic rings. The molecule has 116 valence electrons. The molecule has 0 aliphatic heterocycles. The van der Waals surface area contributed by atoms with Gasteiger partial charge in [-0.05, 0) is 26.7 Å². The van der Waals surface area contributed by atoms with E-state index in [4.69, 9.17) is 5.84 Å². The Balaban J connectivity index is 2.12. The molecule has 1 aliphatic carbocycles. The fourth-order valence-electron chi connectivity index (χ4n) is 2.21. The van der Waals surface area contributed by atoms with E-state index in [-0.39, 0.29) is 5.91 Å². The van der Waals surface area contributed by atoms with Crippen LogP contribution in [0.3, 0.4) is 0 Å². The first-order valence-corrected chi connectivity index (χ1v) is 7.43. The molecule has 0 saturated heterocycles. The Morgan fingerprint density at radius 2 is 2.05 bits per heavy atom. The fraction of sp³-hybridized carbons (Fsp3) is 0.643. The van der Waals surface area contributed by atoms with Crippen molar-refractivity contribution < 1.29 is 4.79 Å². The van der Waals surface area contributed by atoms with Crippen LogP contribution in [0.5, 0.6) is 0 Å². The van der Waals surface area contributed by atoms with Gasteiger partial charge in [0.05, 0.1) is 6.54 Å². The number of hydrogen-bond donors (Lipinski definition) is 2. The molecule has 0 radical (unpaired) electrons. The lowest BCUT2D eigenvalue weighted by atomic mass is 10.3. The molecular weight excluding hydrogens is 268 g/mol. The summed E-state index contributed by atoms with van der Waals surface area (Å²) in [5.74, 6) is 8.11. The minimum Gasteiger partial charge on any atom is -0.350 e. The maximum atomic E-state index is 12.2. The van der Waals surface area contributed by atoms with Crippen molar-refractivity contribution in [3.63, 3.8) is 0 Å². The molecular formula is C14H24N6O. The number of likely N-dealkylation sites (N-methyl/N-ethyl adjacent to an activating group) is 2. The largest absolute Gasteiger partial charge is 0.350 e. The predicted octanol–water partition coefficient (Wildman–Crippen LogP) is 0.944. The number of nitrogen functional groups attached to an aromatic ring is 1. The predicted molar refractivity (Wildman–Crippen MR) is 83.0 cm³/mol. The number of hydrazine groups is 1. The van der Waals surface area contributed by atoms with Gasteiger partial charge in [-0.2, -0.15) is 0 Å². The monoisotopic (exact) mass is 292 g/mol. The summed E-state index contributed by atoms with van der Waals surface area (Å²) in [6.07, 6.45) is 2.24. The molecule has 0 unspecified atom stereocenters. The summed E-state index contributed by atoms with van der Waals surface area (Å²) >= 11 is 0. The van der Waals surface area contributed by atoms with Crippen LogP contribution in [-0.4, -0.2) is 47.5 Å². The Bertz CT molecular complexity index is 498. The maximum absolute atomic E-state index is 12.2. The molecule has 21 heavy (non-hydrogen) atoms. The number of aromatic nitrogens is 2. The van der Waals surface area contributed by atoms with Crippen LogP contribution in [0.1, 0.15) is 38.4 Å². The van der Waals surface area contributed by atoms with Gasteiger partial charge in [0, 0.05) is 32.1 Å². The lowest BCUT2D eigenvalue weighted by molar-refractivity contribution is -0.129. The Labute approximate surface area is 125 Å². The maximum Gasteiger partial charge on any atom is 0.242 e. The van der Waals surface area contributed by atoms with Crippen molar-refractivity contribution >= 4 is 17.5 Å². The minimum absolute atomic E-state index is 0.0938. The van der Waals surface area contributed by atoms with Gasteiger partial charge >= 0.3 is 0 Å². The normalized spacial score (nSPS) is 13.9. The summed E-state index contributed by atoms with van der Waals surface area (Å²) < 4.78 is 0. The summed E-state index contributed by atoms with van der Waals surface area (Å²) in [6, 6.07) is 1.77. The molecule has 1 saturated carbocycles. The van der Waals surface area contributed by atoms with Crippen molar-refractivity contribution in [2.75, 3.05) is 37.0 Å². The molecule has 7 heteroatoms. The van der Waals surface area contributed by atoms with E-state index in [1.807, 2.05) is 30.7 Å². The van der Waals surface area contributed by atoms with Crippen LogP contribution in [0.15, 0.2) is 6.07 Å². The van der Waals surface area contributed by atoms with Crippen LogP contribution >= 0.6 is 0 Å². The van der Waals surface area contributed by atoms with Gasteiger partial charge in [0.25, 0.3) is 0 Å². The number of amides is 1. The van der Waals surface area contributed by atoms with Gasteiger partial charge in [0.2, 0.25) is 5.91 Å². The Hall–Kier alpha value is -1.89. The van der Waals surface area contributed by atoms with Crippen LogP contribution in [0.2, 0.25) is 0 Å². The molecule has 7 nitrogen and oxygen atoms in total. The number of anilines is 2. The van der Waals surface area contributed by atoms with Crippen molar-refractivity contribution in [1.82, 2.24) is 14.9 Å². The zero-order valence-corrected chi connectivity index (χ0v) is 13.0. The molecule has 2 rings (SSSR count). The van der Waals surface area contributed by atoms with E-state index in [0.29, 0.717) is 18.3 Å². The summed E-state index contributed by atoms with van der Waals surface area (Å²) in [7, 11) is 1.86. The Morgan fingerprint density at radius 3 is 2.57 bits per heavy atom. The summed E-state index contributed by atoms with van der Waals surface area (Å²) in [6.45, 7) is 5.69. The van der Waals surface area contributed by atoms with E-state index in [2.05, 4.69) is 15.4 Å². The molecule has 0 aromatic carbocycles. The van der Waals surface area contributed by atoms with E-state index >= 15 is 0 Å². The quantitative estimate of drug-likeness (QED) is 0.574. The molecule has 3 N–H and O–H groups in total. The molecule has 1 aliphatic rings. The van der Waals surface area contributed by atoms with Gasteiger partial charge in [-0.3, -0.25) is 4.79 Å². The summed E-state index contributed by atoms with van der Waals surface area (Å²) in [4.78, 5) is 24.8. The van der Waals surface area contributed by atoms with Crippen molar-refractivity contribution in [3.05, 3.63) is 11.9 Å². The third-order valence-corrected chi connectivity index (χ3v) is 3.70. The van der Waals surface area contributed by atoms with Crippen molar-refractivity contribution in [1.29, 1.82) is 0 Å². The Kier molecular flexibility index (Phi) is 4.95. The highest BCUT2D eigenvalue weighted by Crippen LogP contribution is 2.39. The van der Waals surface area contributed by atoms with Gasteiger partial charge in [-0.15, -0.1) is 0 Å². The lowest BCUT2D eigenvalue weighted by Crippen LogP contribution is -2.39. The van der Waals surface area contributed by atoms with Crippen molar-refractivity contribution in [2.24, 2.45) is 5.84 Å². The highest BCUT2D eigenvalue weighted by Gasteiger charge is 2.28. The average molecular weight is 292 g/mol. The minimum atomic E-state index is 0.0938. The van der Waals surface area contributed by atoms with Crippen LogP contribution in [-0.2, 0) is 4.79 Å². The standard InChI is InChI=1S/C14H24N6O/c1-4-20(5-2)13(21)9-19(3)12-8-11(18-15)16-14(17-12)10-6-7-10/h8,10H,4-7,9,15H2,1-3H3,(H,16,17,18). The second-order valence-electron chi connectivity index (χ2n) is 5.31. The summed E-state index contributed by atoms with van der Waals surface area (Å²) in [5.41, 5.74) is 2.57. The number of carbonyl (C=O) groups is 1. The summed E-state index contributed by atoms with van der Waals surface area (Å²) in [5, 5.41) is 0. The van der Waals surface area contributed by atoms with E-state index in [9.17, 15) is 4.79 Å². The van der Waals surface area contributed by atoms with Gasteiger partial charge in [-0.25, -0.2) is 15.8 Å². The molecule has 1 amide bonds. The topological polar surface area (TPSA) is 87.4 Å². The molecule has 1 fully saturated rings. The smallest absolute Gasteiger partial charge is 0.242 e. The SMILES string of the molecule is CCN(CC)C(=O)CN(C)c1cc(NN)nc(C2CC2)n1. The second-order valence-corrected chi connectivity index (χ2v) is 5.31. The number of nitrogens with one attached hydrogen (secondary N) is 1. The first-order chi connectivity index (χ1) is 10.1. The zero-order chi connectivity index (χ0) is 15.4. The van der Waals surface area contributed by atoms with Gasteiger partial charge in [0.1, 0.15) is 17.5 Å². The highest BCUT2D eigenvalue weighted by atomic mass is 16.2. The van der Waals surface area contributed by atoms with Gasteiger partial charge in [0.15, 0.2) is 0 Å². The molecule has 0 bridgehead atoms. The van der Waals surface area contributed by atoms with E-state index < -0.39 is 0 Å².